The molecule has 0 unspecified atom stereocenters. The second kappa shape index (κ2) is 3.87. The molecule has 0 bridgehead atoms. The normalized spacial score (nSPS) is 13.5. The summed E-state index contributed by atoms with van der Waals surface area (Å²) in [6, 6.07) is 29.5. The standard InChI is InChI=1S/C25H13/c1-3-14-7-9-18-11-19-10-8-15-4-2-6-17-13-20-12-16(5-1)21(14)23(18)25(20)24(19)22(15)17/h1-13H/q+1. The van der Waals surface area contributed by atoms with E-state index in [0.29, 0.717) is 0 Å². The van der Waals surface area contributed by atoms with Crippen LogP contribution in [-0.2, 0) is 0 Å². The van der Waals surface area contributed by atoms with Crippen molar-refractivity contribution in [3.8, 4) is 0 Å². The van der Waals surface area contributed by atoms with Gasteiger partial charge in [-0.3, -0.25) is 0 Å². The molecule has 0 nitrogen and oxygen atoms in total. The SMILES string of the molecule is c1cc2ccc3cc4ccc5cccc6cc7cc(c1)[C+]2c3c7c4c56. The zero-order valence-electron chi connectivity index (χ0n) is 13.5. The Bertz CT molecular complexity index is 1440. The molecule has 4 aromatic rings. The maximum Gasteiger partial charge on any atom is 0.0707 e. The van der Waals surface area contributed by atoms with Gasteiger partial charge in [0.1, 0.15) is 0 Å². The first kappa shape index (κ1) is 12.2. The van der Waals surface area contributed by atoms with E-state index in [4.69, 9.17) is 0 Å². The van der Waals surface area contributed by atoms with Crippen LogP contribution >= 0.6 is 0 Å². The highest BCUT2D eigenvalue weighted by Crippen LogP contribution is 2.49. The molecule has 0 spiro atoms. The van der Waals surface area contributed by atoms with Crippen LogP contribution in [0, 0.1) is 5.92 Å². The van der Waals surface area contributed by atoms with Crippen LogP contribution in [0.2, 0.25) is 0 Å². The van der Waals surface area contributed by atoms with E-state index >= 15 is 0 Å². The first-order chi connectivity index (χ1) is 12.4. The zero-order valence-corrected chi connectivity index (χ0v) is 13.5. The summed E-state index contributed by atoms with van der Waals surface area (Å²) in [5, 5.41) is 11.0. The van der Waals surface area contributed by atoms with Crippen molar-refractivity contribution in [3.05, 3.63) is 101 Å². The molecule has 0 atom stereocenters. The van der Waals surface area contributed by atoms with Crippen LogP contribution in [-0.4, -0.2) is 0 Å². The summed E-state index contributed by atoms with van der Waals surface area (Å²) in [6.07, 6.45) is 0. The molecule has 0 fully saturated rings. The van der Waals surface area contributed by atoms with Crippen LogP contribution in [0.1, 0.15) is 16.7 Å². The Balaban J connectivity index is 1.92. The van der Waals surface area contributed by atoms with Gasteiger partial charge in [0.2, 0.25) is 0 Å². The van der Waals surface area contributed by atoms with E-state index in [1.165, 1.54) is 65.7 Å². The molecule has 112 valence electrons. The lowest BCUT2D eigenvalue weighted by Gasteiger charge is -2.24. The second-order valence-electron chi connectivity index (χ2n) is 7.21. The highest BCUT2D eigenvalue weighted by atomic mass is 14.3. The molecule has 0 amide bonds. The van der Waals surface area contributed by atoms with Crippen LogP contribution in [0.5, 0.6) is 0 Å². The van der Waals surface area contributed by atoms with Gasteiger partial charge >= 0.3 is 0 Å². The predicted octanol–water partition coefficient (Wildman–Crippen LogP) is 6.51. The Hall–Kier alpha value is -3.25. The number of rotatable bonds is 0. The third-order valence-electron chi connectivity index (χ3n) is 5.94. The molecule has 0 radical (unpaired) electrons. The Kier molecular flexibility index (Phi) is 1.88. The molecule has 3 aliphatic rings. The molecule has 0 aromatic heterocycles. The summed E-state index contributed by atoms with van der Waals surface area (Å²) in [5.74, 6) is 1.41. The predicted molar refractivity (Wildman–Crippen MR) is 106 cm³/mol. The largest absolute Gasteiger partial charge is 0.0707 e. The van der Waals surface area contributed by atoms with Crippen molar-refractivity contribution < 1.29 is 0 Å². The first-order valence-corrected chi connectivity index (χ1v) is 8.79. The first-order valence-electron chi connectivity index (χ1n) is 8.79. The molecule has 0 N–H and O–H groups in total. The third kappa shape index (κ3) is 1.31. The van der Waals surface area contributed by atoms with E-state index < -0.39 is 0 Å². The van der Waals surface area contributed by atoms with Crippen LogP contribution in [0.4, 0.5) is 0 Å². The van der Waals surface area contributed by atoms with Crippen LogP contribution in [0.15, 0.2) is 78.9 Å². The summed E-state index contributed by atoms with van der Waals surface area (Å²) >= 11 is 0. The number of hydrogen-bond acceptors (Lipinski definition) is 0. The third-order valence-corrected chi connectivity index (χ3v) is 5.94. The minimum atomic E-state index is 1.34. The lowest BCUT2D eigenvalue weighted by Crippen LogP contribution is -2.11. The van der Waals surface area contributed by atoms with Gasteiger partial charge in [0, 0.05) is 33.0 Å². The lowest BCUT2D eigenvalue weighted by atomic mass is 9.73. The van der Waals surface area contributed by atoms with E-state index in [-0.39, 0.29) is 0 Å². The van der Waals surface area contributed by atoms with E-state index in [2.05, 4.69) is 78.9 Å². The molecule has 0 heterocycles. The molecular formula is C25H13+. The minimum Gasteiger partial charge on any atom is -0.0610 e. The molecule has 25 heavy (non-hydrogen) atoms. The molecule has 0 saturated heterocycles. The summed E-state index contributed by atoms with van der Waals surface area (Å²) in [4.78, 5) is 0. The Morgan fingerprint density at radius 1 is 0.440 bits per heavy atom. The van der Waals surface area contributed by atoms with Crippen molar-refractivity contribution in [1.82, 2.24) is 0 Å². The minimum absolute atomic E-state index is 1.34. The zero-order chi connectivity index (χ0) is 16.1. The molecule has 3 aliphatic carbocycles. The van der Waals surface area contributed by atoms with Crippen molar-refractivity contribution in [2.45, 2.75) is 0 Å². The van der Waals surface area contributed by atoms with Gasteiger partial charge in [-0.15, -0.1) is 0 Å². The molecule has 0 saturated carbocycles. The second-order valence-corrected chi connectivity index (χ2v) is 7.21. The average molecular weight is 313 g/mol. The number of benzene rings is 4. The fourth-order valence-corrected chi connectivity index (χ4v) is 4.97. The van der Waals surface area contributed by atoms with E-state index in [1.807, 2.05) is 0 Å². The summed E-state index contributed by atoms with van der Waals surface area (Å²) in [6.45, 7) is 0. The van der Waals surface area contributed by atoms with Crippen molar-refractivity contribution in [1.29, 1.82) is 0 Å². The van der Waals surface area contributed by atoms with Crippen molar-refractivity contribution in [2.24, 2.45) is 0 Å². The molecule has 4 aromatic carbocycles. The Morgan fingerprint density at radius 2 is 1.16 bits per heavy atom. The summed E-state index contributed by atoms with van der Waals surface area (Å²) in [5.41, 5.74) is 4.10. The van der Waals surface area contributed by atoms with E-state index in [1.54, 1.807) is 0 Å². The highest BCUT2D eigenvalue weighted by Gasteiger charge is 2.33. The van der Waals surface area contributed by atoms with Crippen molar-refractivity contribution in [2.75, 3.05) is 0 Å². The maximum atomic E-state index is 2.37. The van der Waals surface area contributed by atoms with E-state index in [0.717, 1.165) is 0 Å². The van der Waals surface area contributed by atoms with Crippen LogP contribution < -0.4 is 0 Å². The molecule has 0 heteroatoms. The van der Waals surface area contributed by atoms with Gasteiger partial charge in [0.05, 0.1) is 22.6 Å². The number of hydrogen-bond donors (Lipinski definition) is 0. The smallest absolute Gasteiger partial charge is 0.0610 e. The Labute approximate surface area is 145 Å². The lowest BCUT2D eigenvalue weighted by molar-refractivity contribution is 1.23. The monoisotopic (exact) mass is 313 g/mol. The average Bonchev–Trinajstić information content (AvgIpc) is 2.66. The van der Waals surface area contributed by atoms with Gasteiger partial charge in [0.15, 0.2) is 0 Å². The summed E-state index contributed by atoms with van der Waals surface area (Å²) in [7, 11) is 0. The Morgan fingerprint density at radius 3 is 2.16 bits per heavy atom. The van der Waals surface area contributed by atoms with Gasteiger partial charge < -0.3 is 0 Å². The van der Waals surface area contributed by atoms with Gasteiger partial charge in [0.25, 0.3) is 0 Å². The van der Waals surface area contributed by atoms with Gasteiger partial charge in [-0.25, -0.2) is 0 Å². The van der Waals surface area contributed by atoms with Crippen molar-refractivity contribution in [3.63, 3.8) is 0 Å². The molecule has 0 aliphatic heterocycles. The summed E-state index contributed by atoms with van der Waals surface area (Å²) < 4.78 is 0. The molecular weight excluding hydrogens is 300 g/mol. The van der Waals surface area contributed by atoms with E-state index in [9.17, 15) is 0 Å². The quantitative estimate of drug-likeness (QED) is 0.221. The van der Waals surface area contributed by atoms with Crippen molar-refractivity contribution >= 4 is 43.1 Å². The topological polar surface area (TPSA) is 0 Å². The van der Waals surface area contributed by atoms with Gasteiger partial charge in [-0.05, 0) is 58.6 Å². The van der Waals surface area contributed by atoms with Crippen LogP contribution in [0.25, 0.3) is 43.1 Å². The molecule has 7 rings (SSSR count). The maximum absolute atomic E-state index is 2.37. The fourth-order valence-electron chi connectivity index (χ4n) is 4.97. The van der Waals surface area contributed by atoms with Gasteiger partial charge in [-0.1, -0.05) is 30.3 Å². The fraction of sp³-hybridized carbons (Fsp3) is 0. The van der Waals surface area contributed by atoms with Crippen LogP contribution in [0.3, 0.4) is 0 Å². The van der Waals surface area contributed by atoms with Gasteiger partial charge in [-0.2, -0.15) is 0 Å². The highest BCUT2D eigenvalue weighted by molar-refractivity contribution is 6.30.